The van der Waals surface area contributed by atoms with Gasteiger partial charge in [0.25, 0.3) is 0 Å². The van der Waals surface area contributed by atoms with E-state index in [1.54, 1.807) is 58.9 Å². The predicted octanol–water partition coefficient (Wildman–Crippen LogP) is 3.87. The van der Waals surface area contributed by atoms with Crippen LogP contribution < -0.4 is 14.2 Å². The zero-order valence-electron chi connectivity index (χ0n) is 17.0. The first-order valence-electron chi connectivity index (χ1n) is 8.97. The van der Waals surface area contributed by atoms with Crippen molar-refractivity contribution in [3.05, 3.63) is 41.0 Å². The number of carbonyl (C=O) groups is 2. The summed E-state index contributed by atoms with van der Waals surface area (Å²) in [6.07, 6.45) is 1.70. The van der Waals surface area contributed by atoms with Crippen molar-refractivity contribution < 1.29 is 33.3 Å². The van der Waals surface area contributed by atoms with Crippen LogP contribution in [0.4, 0.5) is 0 Å². The Morgan fingerprint density at radius 3 is 2.21 bits per heavy atom. The Labute approximate surface area is 164 Å². The molecular formula is C21H26O7. The molecule has 0 amide bonds. The fraction of sp³-hybridized carbons (Fsp3) is 0.429. The van der Waals surface area contributed by atoms with Gasteiger partial charge in [-0.3, -0.25) is 0 Å². The Hall–Kier alpha value is -2.96. The Morgan fingerprint density at radius 1 is 1.04 bits per heavy atom. The highest BCUT2D eigenvalue weighted by molar-refractivity contribution is 5.88. The summed E-state index contributed by atoms with van der Waals surface area (Å²) in [6, 6.07) is 3.38. The second-order valence-corrected chi connectivity index (χ2v) is 6.34. The number of rotatable bonds is 7. The maximum Gasteiger partial charge on any atom is 0.334 e. The molecule has 0 radical (unpaired) electrons. The lowest BCUT2D eigenvalue weighted by molar-refractivity contribution is -0.162. The molecule has 28 heavy (non-hydrogen) atoms. The molecule has 7 nitrogen and oxygen atoms in total. The largest absolute Gasteiger partial charge is 0.493 e. The van der Waals surface area contributed by atoms with Crippen molar-refractivity contribution in [3.8, 4) is 17.2 Å². The molecule has 0 aromatic heterocycles. The van der Waals surface area contributed by atoms with E-state index in [1.165, 1.54) is 7.11 Å². The Morgan fingerprint density at radius 2 is 1.64 bits per heavy atom. The highest BCUT2D eigenvalue weighted by Gasteiger charge is 2.31. The maximum atomic E-state index is 12.4. The van der Waals surface area contributed by atoms with Crippen LogP contribution in [0.2, 0.25) is 0 Å². The topological polar surface area (TPSA) is 80.3 Å². The molecule has 1 aliphatic heterocycles. The van der Waals surface area contributed by atoms with Crippen LogP contribution in [0.25, 0.3) is 0 Å². The number of methoxy groups -OCH3 is 1. The molecule has 0 spiro atoms. The van der Waals surface area contributed by atoms with Crippen molar-refractivity contribution >= 4 is 11.9 Å². The zero-order valence-corrected chi connectivity index (χ0v) is 17.0. The quantitative estimate of drug-likeness (QED) is 0.516. The van der Waals surface area contributed by atoms with E-state index in [-0.39, 0.29) is 6.79 Å². The molecule has 0 saturated heterocycles. The van der Waals surface area contributed by atoms with Gasteiger partial charge in [0.15, 0.2) is 17.6 Å². The van der Waals surface area contributed by atoms with E-state index in [2.05, 4.69) is 0 Å². The van der Waals surface area contributed by atoms with Gasteiger partial charge in [0.2, 0.25) is 12.5 Å². The highest BCUT2D eigenvalue weighted by Crippen LogP contribution is 2.44. The van der Waals surface area contributed by atoms with E-state index in [9.17, 15) is 9.59 Å². The van der Waals surface area contributed by atoms with Gasteiger partial charge in [-0.05, 0) is 46.8 Å². The smallest absolute Gasteiger partial charge is 0.334 e. The fourth-order valence-electron chi connectivity index (χ4n) is 2.52. The molecule has 0 bridgehead atoms. The minimum Gasteiger partial charge on any atom is -0.493 e. The molecule has 0 aliphatic carbocycles. The first-order chi connectivity index (χ1) is 13.3. The number of esters is 2. The lowest BCUT2D eigenvalue weighted by atomic mass is 10.0. The van der Waals surface area contributed by atoms with E-state index in [0.29, 0.717) is 34.0 Å². The van der Waals surface area contributed by atoms with Crippen LogP contribution in [0.15, 0.2) is 35.4 Å². The van der Waals surface area contributed by atoms with Crippen LogP contribution in [0.5, 0.6) is 17.2 Å². The van der Waals surface area contributed by atoms with Crippen molar-refractivity contribution in [1.82, 2.24) is 0 Å². The Balaban J connectivity index is 2.40. The second-order valence-electron chi connectivity index (χ2n) is 6.34. The minimum absolute atomic E-state index is 0.0717. The van der Waals surface area contributed by atoms with Crippen molar-refractivity contribution in [2.45, 2.75) is 46.8 Å². The average Bonchev–Trinajstić information content (AvgIpc) is 3.18. The van der Waals surface area contributed by atoms with Gasteiger partial charge in [0.05, 0.1) is 7.11 Å². The average molecular weight is 390 g/mol. The molecule has 2 atom stereocenters. The number of carbonyl (C=O) groups excluding carboxylic acids is 2. The van der Waals surface area contributed by atoms with Crippen molar-refractivity contribution in [2.24, 2.45) is 0 Å². The molecule has 1 aliphatic rings. The van der Waals surface area contributed by atoms with E-state index >= 15 is 0 Å². The molecule has 0 N–H and O–H groups in total. The summed E-state index contributed by atoms with van der Waals surface area (Å²) in [5.74, 6) is 0.412. The van der Waals surface area contributed by atoms with Gasteiger partial charge in [-0.1, -0.05) is 12.2 Å². The molecule has 7 heteroatoms. The molecule has 0 unspecified atom stereocenters. The summed E-state index contributed by atoms with van der Waals surface area (Å²) in [6.45, 7) is 8.54. The number of ether oxygens (including phenoxy) is 5. The van der Waals surface area contributed by atoms with Crippen LogP contribution in [0, 0.1) is 0 Å². The Bertz CT molecular complexity index is 807. The van der Waals surface area contributed by atoms with Crippen LogP contribution in [-0.2, 0) is 19.1 Å². The number of hydrogen-bond donors (Lipinski definition) is 0. The van der Waals surface area contributed by atoms with Gasteiger partial charge < -0.3 is 23.7 Å². The summed E-state index contributed by atoms with van der Waals surface area (Å²) in [4.78, 5) is 24.6. The SMILES string of the molecule is CC=C(C)C(=O)O[C@@H](C)[C@@H](OC(=O)C(C)=CC)c1cc(OC)c2c(c1)OCO2. The van der Waals surface area contributed by atoms with Gasteiger partial charge >= 0.3 is 11.9 Å². The Kier molecular flexibility index (Phi) is 7.09. The summed E-state index contributed by atoms with van der Waals surface area (Å²) < 4.78 is 27.4. The van der Waals surface area contributed by atoms with E-state index in [4.69, 9.17) is 23.7 Å². The predicted molar refractivity (Wildman–Crippen MR) is 102 cm³/mol. The molecule has 1 aromatic carbocycles. The van der Waals surface area contributed by atoms with E-state index < -0.39 is 24.1 Å². The summed E-state index contributed by atoms with van der Waals surface area (Å²) in [5.41, 5.74) is 1.47. The first kappa shape index (κ1) is 21.3. The normalized spacial score (nSPS) is 15.6. The van der Waals surface area contributed by atoms with Gasteiger partial charge in [0.1, 0.15) is 6.10 Å². The van der Waals surface area contributed by atoms with E-state index in [1.807, 2.05) is 0 Å². The third-order valence-electron chi connectivity index (χ3n) is 4.47. The number of hydrogen-bond acceptors (Lipinski definition) is 7. The van der Waals surface area contributed by atoms with Crippen LogP contribution in [0.3, 0.4) is 0 Å². The van der Waals surface area contributed by atoms with Gasteiger partial charge in [-0.25, -0.2) is 9.59 Å². The van der Waals surface area contributed by atoms with Crippen LogP contribution in [0.1, 0.15) is 46.3 Å². The van der Waals surface area contributed by atoms with Crippen LogP contribution in [-0.4, -0.2) is 31.9 Å². The molecule has 1 heterocycles. The summed E-state index contributed by atoms with van der Waals surface area (Å²) >= 11 is 0. The van der Waals surface area contributed by atoms with Gasteiger partial charge in [-0.2, -0.15) is 0 Å². The van der Waals surface area contributed by atoms with Crippen molar-refractivity contribution in [2.75, 3.05) is 13.9 Å². The molecule has 0 fully saturated rings. The molecule has 0 saturated carbocycles. The molecule has 2 rings (SSSR count). The molecular weight excluding hydrogens is 364 g/mol. The standard InChI is InChI=1S/C21H26O7/c1-7-12(3)20(22)27-14(5)18(28-21(23)13(4)8-2)15-9-16(24-6)19-17(10-15)25-11-26-19/h7-10,14,18H,11H2,1-6H3/t14-,18+/m0/s1. The number of allylic oxidation sites excluding steroid dienone is 2. The third-order valence-corrected chi connectivity index (χ3v) is 4.47. The lowest BCUT2D eigenvalue weighted by Gasteiger charge is -2.25. The number of fused-ring (bicyclic) bond motifs is 1. The first-order valence-corrected chi connectivity index (χ1v) is 8.97. The third kappa shape index (κ3) is 4.65. The highest BCUT2D eigenvalue weighted by atomic mass is 16.7. The maximum absolute atomic E-state index is 12.4. The molecule has 1 aromatic rings. The lowest BCUT2D eigenvalue weighted by Crippen LogP contribution is -2.27. The number of benzene rings is 1. The summed E-state index contributed by atoms with van der Waals surface area (Å²) in [7, 11) is 1.50. The monoisotopic (exact) mass is 390 g/mol. The fourth-order valence-corrected chi connectivity index (χ4v) is 2.52. The van der Waals surface area contributed by atoms with Gasteiger partial charge in [0, 0.05) is 16.7 Å². The van der Waals surface area contributed by atoms with Crippen molar-refractivity contribution in [3.63, 3.8) is 0 Å². The zero-order chi connectivity index (χ0) is 20.8. The minimum atomic E-state index is -0.862. The second kappa shape index (κ2) is 9.30. The van der Waals surface area contributed by atoms with E-state index in [0.717, 1.165) is 0 Å². The van der Waals surface area contributed by atoms with Gasteiger partial charge in [-0.15, -0.1) is 0 Å². The van der Waals surface area contributed by atoms with Crippen molar-refractivity contribution in [1.29, 1.82) is 0 Å². The molecule has 152 valence electrons. The summed E-state index contributed by atoms with van der Waals surface area (Å²) in [5, 5.41) is 0. The van der Waals surface area contributed by atoms with Crippen LogP contribution >= 0.6 is 0 Å².